The second-order valence-corrected chi connectivity index (χ2v) is 35.8. The molecule has 8 rings (SSSR count). The quantitative estimate of drug-likeness (QED) is 0.0729. The number of benzene rings is 4. The Balaban J connectivity index is 0.000000199. The molecule has 6 aromatic carbocycles. The Bertz CT molecular complexity index is 2130. The van der Waals surface area contributed by atoms with E-state index in [0.717, 1.165) is 11.8 Å². The molecule has 0 atom stereocenters. The Morgan fingerprint density at radius 3 is 1.22 bits per heavy atom. The van der Waals surface area contributed by atoms with Gasteiger partial charge < -0.3 is 0 Å². The van der Waals surface area contributed by atoms with Gasteiger partial charge in [-0.2, -0.15) is 25.3 Å². The number of fused-ring (bicyclic) bond motifs is 2. The minimum atomic E-state index is -3.94. The van der Waals surface area contributed by atoms with E-state index in [9.17, 15) is 13.2 Å². The van der Waals surface area contributed by atoms with Crippen molar-refractivity contribution in [3.8, 4) is 22.3 Å². The Kier molecular flexibility index (Phi) is 21.7. The molecule has 0 bridgehead atoms. The summed E-state index contributed by atoms with van der Waals surface area (Å²) in [5.41, 5.74) is 8.58. The van der Waals surface area contributed by atoms with Gasteiger partial charge >= 0.3 is 44.1 Å². The molecule has 9 heteroatoms. The van der Waals surface area contributed by atoms with Crippen molar-refractivity contribution in [1.82, 2.24) is 0 Å². The summed E-state index contributed by atoms with van der Waals surface area (Å²) in [6.07, 6.45) is 15.1. The van der Waals surface area contributed by atoms with E-state index in [1.54, 1.807) is 17.7 Å². The standard InChI is InChI=1S/2C26H33Si.C4H7F3Si.2ClH.Zr/c2*1-27(2,3)24-15-13-22(14-16-24)25-12-8-11-23-18-21(19-26(23)25)17-20-9-6-4-5-7-10-20;1-8-3-2-4(5,6)7;;;/h2*8,11-16,18-20H,4-7,9-10,17H2,1-3H3;2-3H2,1H3;2*1H;/q2*-1;;;;+4/p-2. The van der Waals surface area contributed by atoms with Crippen LogP contribution in [0.2, 0.25) is 51.9 Å². The first-order valence-electron chi connectivity index (χ1n) is 24.2. The average Bonchev–Trinajstić information content (AvgIpc) is 3.65. The number of halogens is 5. The Morgan fingerprint density at radius 2 is 0.923 bits per heavy atom. The summed E-state index contributed by atoms with van der Waals surface area (Å²) in [5.74, 6) is 1.78. The maximum atomic E-state index is 11.2. The van der Waals surface area contributed by atoms with Crippen LogP contribution in [0.15, 0.2) is 109 Å². The fourth-order valence-electron chi connectivity index (χ4n) is 9.70. The maximum absolute atomic E-state index is 11.2. The van der Waals surface area contributed by atoms with E-state index >= 15 is 0 Å². The Hall–Kier alpha value is -2.00. The summed E-state index contributed by atoms with van der Waals surface area (Å²) in [7, 11) is 7.81. The zero-order valence-electron chi connectivity index (χ0n) is 40.3. The van der Waals surface area contributed by atoms with Crippen molar-refractivity contribution < 1.29 is 34.0 Å². The third-order valence-corrected chi connectivity index (χ3v) is 18.3. The number of hydrogen-bond donors (Lipinski definition) is 0. The van der Waals surface area contributed by atoms with Crippen LogP contribution < -0.4 is 10.4 Å². The van der Waals surface area contributed by atoms with Crippen LogP contribution in [0.5, 0.6) is 0 Å². The van der Waals surface area contributed by atoms with E-state index in [2.05, 4.69) is 148 Å². The third kappa shape index (κ3) is 17.5. The summed E-state index contributed by atoms with van der Waals surface area (Å²) in [5, 5.41) is 8.75. The molecular formula is C56H73Cl2F3Si3Zr. The van der Waals surface area contributed by atoms with Gasteiger partial charge in [0.1, 0.15) is 0 Å². The normalized spacial score (nSPS) is 15.4. The molecule has 0 spiro atoms. The second kappa shape index (κ2) is 26.1. The molecule has 0 nitrogen and oxygen atoms in total. The zero-order valence-corrected chi connectivity index (χ0v) is 47.2. The molecule has 0 saturated heterocycles. The summed E-state index contributed by atoms with van der Waals surface area (Å²) >= 11 is -0.826. The molecule has 2 radical (unpaired) electrons. The van der Waals surface area contributed by atoms with Crippen LogP contribution in [0.1, 0.15) is 94.6 Å². The van der Waals surface area contributed by atoms with Crippen molar-refractivity contribution in [2.45, 2.75) is 154 Å². The van der Waals surface area contributed by atoms with Gasteiger partial charge in [-0.1, -0.05) is 211 Å². The summed E-state index contributed by atoms with van der Waals surface area (Å²) < 4.78 is 33.7. The molecule has 0 aromatic heterocycles. The number of alkyl halides is 3. The predicted octanol–water partition coefficient (Wildman–Crippen LogP) is 18.1. The molecule has 2 saturated carbocycles. The third-order valence-electron chi connectivity index (χ3n) is 13.4. The molecule has 0 aliphatic heterocycles. The van der Waals surface area contributed by atoms with Crippen molar-refractivity contribution in [2.75, 3.05) is 0 Å². The first-order valence-corrected chi connectivity index (χ1v) is 39.3. The van der Waals surface area contributed by atoms with Crippen LogP contribution in [0.25, 0.3) is 43.8 Å². The fraction of sp³-hybridized carbons (Fsp3) is 0.464. The van der Waals surface area contributed by atoms with Crippen molar-refractivity contribution >= 4 is 74.6 Å². The van der Waals surface area contributed by atoms with Gasteiger partial charge in [0.25, 0.3) is 0 Å². The van der Waals surface area contributed by atoms with Gasteiger partial charge in [-0.15, -0.1) is 69.1 Å². The Morgan fingerprint density at radius 1 is 0.569 bits per heavy atom. The average molecular weight is 1050 g/mol. The summed E-state index contributed by atoms with van der Waals surface area (Å²) in [6.45, 7) is 16.3. The van der Waals surface area contributed by atoms with Crippen LogP contribution in [0.3, 0.4) is 0 Å². The predicted molar refractivity (Wildman–Crippen MR) is 285 cm³/mol. The fourth-order valence-corrected chi connectivity index (χ4v) is 12.6. The van der Waals surface area contributed by atoms with E-state index < -0.39 is 49.6 Å². The van der Waals surface area contributed by atoms with Crippen LogP contribution in [0, 0.1) is 11.8 Å². The van der Waals surface area contributed by atoms with Crippen molar-refractivity contribution in [1.29, 1.82) is 0 Å². The van der Waals surface area contributed by atoms with E-state index in [1.807, 2.05) is 0 Å². The molecule has 0 unspecified atom stereocenters. The number of hydrogen-bond acceptors (Lipinski definition) is 0. The second-order valence-electron chi connectivity index (χ2n) is 20.7. The summed E-state index contributed by atoms with van der Waals surface area (Å²) in [4.78, 5) is 0. The van der Waals surface area contributed by atoms with Crippen molar-refractivity contribution in [2.24, 2.45) is 11.8 Å². The van der Waals surface area contributed by atoms with Gasteiger partial charge in [-0.3, -0.25) is 0 Å². The first-order chi connectivity index (χ1) is 31.0. The van der Waals surface area contributed by atoms with Crippen LogP contribution in [-0.4, -0.2) is 31.8 Å². The SMILES string of the molecule is C[Si](C)(C)c1ccc(-c2cccc3[cH-]c(CC4CCCCCC4)cc23)cc1.C[Si](C)(C)c1ccc(-c2cccc3[cH-]c(CC4CCCCCC4)cc23)cc1.C[Si]CCC(F)(F)F.[Cl][Zr+2][Cl]. The summed E-state index contributed by atoms with van der Waals surface area (Å²) in [6, 6.07) is 42.5. The van der Waals surface area contributed by atoms with Crippen LogP contribution in [-0.2, 0) is 33.7 Å². The molecule has 348 valence electrons. The van der Waals surface area contributed by atoms with Gasteiger partial charge in [0.15, 0.2) is 0 Å². The van der Waals surface area contributed by atoms with E-state index in [1.165, 1.54) is 144 Å². The molecule has 65 heavy (non-hydrogen) atoms. The molecule has 0 N–H and O–H groups in total. The van der Waals surface area contributed by atoms with Crippen molar-refractivity contribution in [3.05, 3.63) is 120 Å². The van der Waals surface area contributed by atoms with E-state index in [-0.39, 0.29) is 6.04 Å². The van der Waals surface area contributed by atoms with E-state index in [4.69, 9.17) is 17.0 Å². The van der Waals surface area contributed by atoms with Crippen LogP contribution >= 0.6 is 17.0 Å². The molecule has 0 heterocycles. The van der Waals surface area contributed by atoms with Crippen molar-refractivity contribution in [3.63, 3.8) is 0 Å². The van der Waals surface area contributed by atoms with Gasteiger partial charge in [-0.25, -0.2) is 0 Å². The molecule has 6 aromatic rings. The molecular weight excluding hydrogens is 976 g/mol. The molecule has 2 aliphatic rings. The minimum absolute atomic E-state index is 0.281. The Labute approximate surface area is 414 Å². The molecule has 2 fully saturated rings. The topological polar surface area (TPSA) is 0 Å². The molecule has 0 amide bonds. The van der Waals surface area contributed by atoms with E-state index in [0.29, 0.717) is 9.52 Å². The van der Waals surface area contributed by atoms with Gasteiger partial charge in [0.05, 0.1) is 16.1 Å². The first kappa shape index (κ1) is 54.0. The van der Waals surface area contributed by atoms with Gasteiger partial charge in [-0.05, 0) is 35.8 Å². The van der Waals surface area contributed by atoms with Gasteiger partial charge in [0, 0.05) is 15.9 Å². The van der Waals surface area contributed by atoms with Gasteiger partial charge in [0.2, 0.25) is 0 Å². The molecule has 2 aliphatic carbocycles. The van der Waals surface area contributed by atoms with Crippen LogP contribution in [0.4, 0.5) is 13.2 Å². The number of rotatable bonds is 10. The zero-order chi connectivity index (χ0) is 47.0. The monoisotopic (exact) mass is 1050 g/mol.